The molecule has 0 saturated heterocycles. The molecule has 0 saturated carbocycles. The summed E-state index contributed by atoms with van der Waals surface area (Å²) >= 11 is 7.66. The maximum absolute atomic E-state index is 11.5. The van der Waals surface area contributed by atoms with Crippen molar-refractivity contribution in [2.75, 3.05) is 17.8 Å². The monoisotopic (exact) mass is 352 g/mol. The third kappa shape index (κ3) is 14.9. The molecule has 0 aromatic heterocycles. The number of rotatable bonds is 12. The van der Waals surface area contributed by atoms with Crippen LogP contribution in [-0.4, -0.2) is 40.2 Å². The minimum Gasteiger partial charge on any atom is -0.463 e. The largest absolute Gasteiger partial charge is 0.463 e. The zero-order chi connectivity index (χ0) is 16.1. The topological polar surface area (TPSA) is 43.4 Å². The van der Waals surface area contributed by atoms with E-state index < -0.39 is 0 Å². The molecule has 0 N–H and O–H groups in total. The van der Waals surface area contributed by atoms with Gasteiger partial charge in [0.2, 0.25) is 0 Å². The van der Waals surface area contributed by atoms with Gasteiger partial charge >= 0.3 is 5.97 Å². The van der Waals surface area contributed by atoms with Gasteiger partial charge in [0.05, 0.1) is 6.10 Å². The highest BCUT2D eigenvalue weighted by Crippen LogP contribution is 2.17. The molecular formula is C15H28O3S3. The van der Waals surface area contributed by atoms with Crippen LogP contribution in [-0.2, 0) is 14.3 Å². The lowest BCUT2D eigenvalue weighted by atomic mass is 10.1. The van der Waals surface area contributed by atoms with Crippen molar-refractivity contribution in [3.05, 3.63) is 0 Å². The average Bonchev–Trinajstić information content (AvgIpc) is 2.40. The summed E-state index contributed by atoms with van der Waals surface area (Å²) in [5.41, 5.74) is 0. The molecule has 6 heteroatoms. The number of hydrogen-bond acceptors (Lipinski definition) is 6. The summed E-state index contributed by atoms with van der Waals surface area (Å²) in [6.07, 6.45) is 6.87. The number of thioether (sulfide) groups is 2. The first kappa shape index (κ1) is 21.2. The fraction of sp³-hybridized carbons (Fsp3) is 0.867. The number of ether oxygens (including phenoxy) is 1. The molecule has 1 unspecified atom stereocenters. The molecule has 21 heavy (non-hydrogen) atoms. The first-order valence-corrected chi connectivity index (χ1v) is 10.4. The molecule has 0 spiro atoms. The fourth-order valence-electron chi connectivity index (χ4n) is 1.68. The Hall–Kier alpha value is 0.190. The second-order valence-corrected chi connectivity index (χ2v) is 8.06. The first-order valence-electron chi connectivity index (χ1n) is 7.47. The second-order valence-electron chi connectivity index (χ2n) is 5.19. The van der Waals surface area contributed by atoms with E-state index in [4.69, 9.17) is 4.74 Å². The van der Waals surface area contributed by atoms with E-state index in [1.54, 1.807) is 11.8 Å². The number of carbonyl (C=O) groups is 2. The highest BCUT2D eigenvalue weighted by Gasteiger charge is 2.08. The molecule has 0 bridgehead atoms. The van der Waals surface area contributed by atoms with Crippen LogP contribution in [0.2, 0.25) is 0 Å². The Bertz CT molecular complexity index is 296. The van der Waals surface area contributed by atoms with E-state index in [9.17, 15) is 9.59 Å². The van der Waals surface area contributed by atoms with Gasteiger partial charge in [-0.15, -0.1) is 0 Å². The lowest BCUT2D eigenvalue weighted by Crippen LogP contribution is -2.11. The van der Waals surface area contributed by atoms with Crippen LogP contribution >= 0.6 is 36.2 Å². The molecule has 0 fully saturated rings. The van der Waals surface area contributed by atoms with Crippen LogP contribution in [0.15, 0.2) is 0 Å². The Labute approximate surface area is 143 Å². The Morgan fingerprint density at radius 1 is 1.10 bits per heavy atom. The van der Waals surface area contributed by atoms with E-state index >= 15 is 0 Å². The van der Waals surface area contributed by atoms with Gasteiger partial charge in [0, 0.05) is 29.6 Å². The van der Waals surface area contributed by atoms with Gasteiger partial charge < -0.3 is 4.74 Å². The Morgan fingerprint density at radius 2 is 1.81 bits per heavy atom. The molecular weight excluding hydrogens is 324 g/mol. The molecule has 0 aliphatic heterocycles. The number of unbranched alkanes of at least 4 members (excludes halogenated alkanes) is 1. The van der Waals surface area contributed by atoms with Crippen molar-refractivity contribution in [2.24, 2.45) is 0 Å². The lowest BCUT2D eigenvalue weighted by Gasteiger charge is -2.10. The Kier molecular flexibility index (Phi) is 14.0. The van der Waals surface area contributed by atoms with Gasteiger partial charge in [0.15, 0.2) is 5.12 Å². The predicted molar refractivity (Wildman–Crippen MR) is 97.6 cm³/mol. The van der Waals surface area contributed by atoms with Gasteiger partial charge in [0.25, 0.3) is 0 Å². The molecule has 0 rings (SSSR count). The molecule has 0 aromatic carbocycles. The van der Waals surface area contributed by atoms with E-state index in [-0.39, 0.29) is 17.2 Å². The third-order valence-corrected chi connectivity index (χ3v) is 4.85. The summed E-state index contributed by atoms with van der Waals surface area (Å²) in [5, 5.41) is 0.591. The quantitative estimate of drug-likeness (QED) is 0.324. The zero-order valence-corrected chi connectivity index (χ0v) is 15.8. The van der Waals surface area contributed by atoms with Crippen molar-refractivity contribution in [3.8, 4) is 0 Å². The summed E-state index contributed by atoms with van der Waals surface area (Å²) < 4.78 is 5.08. The van der Waals surface area contributed by atoms with Gasteiger partial charge in [-0.1, -0.05) is 18.2 Å². The Balaban J connectivity index is 3.48. The Morgan fingerprint density at radius 3 is 2.43 bits per heavy atom. The summed E-state index contributed by atoms with van der Waals surface area (Å²) in [7, 11) is 0. The van der Waals surface area contributed by atoms with E-state index in [2.05, 4.69) is 12.6 Å². The van der Waals surface area contributed by atoms with E-state index in [1.807, 2.05) is 20.1 Å². The van der Waals surface area contributed by atoms with Crippen LogP contribution in [0.4, 0.5) is 0 Å². The van der Waals surface area contributed by atoms with Crippen molar-refractivity contribution >= 4 is 47.2 Å². The van der Waals surface area contributed by atoms with Gasteiger partial charge in [0.1, 0.15) is 0 Å². The zero-order valence-electron chi connectivity index (χ0n) is 13.3. The van der Waals surface area contributed by atoms with Crippen LogP contribution in [0.5, 0.6) is 0 Å². The molecule has 0 aliphatic rings. The third-order valence-electron chi connectivity index (χ3n) is 2.76. The number of esters is 1. The normalized spacial score (nSPS) is 12.4. The van der Waals surface area contributed by atoms with Crippen LogP contribution in [0, 0.1) is 0 Å². The molecule has 0 heterocycles. The highest BCUT2D eigenvalue weighted by atomic mass is 32.2. The lowest BCUT2D eigenvalue weighted by molar-refractivity contribution is -0.147. The highest BCUT2D eigenvalue weighted by molar-refractivity contribution is 8.13. The first-order chi connectivity index (χ1) is 9.95. The number of thiol groups is 1. The summed E-state index contributed by atoms with van der Waals surface area (Å²) in [4.78, 5) is 22.8. The van der Waals surface area contributed by atoms with Crippen molar-refractivity contribution in [2.45, 2.75) is 63.7 Å². The molecule has 124 valence electrons. The van der Waals surface area contributed by atoms with Gasteiger partial charge in [-0.25, -0.2) is 0 Å². The molecule has 0 amide bonds. The maximum atomic E-state index is 11.5. The van der Waals surface area contributed by atoms with Gasteiger partial charge in [-0.3, -0.25) is 9.59 Å². The van der Waals surface area contributed by atoms with Crippen molar-refractivity contribution in [3.63, 3.8) is 0 Å². The summed E-state index contributed by atoms with van der Waals surface area (Å²) in [6, 6.07) is 0. The predicted octanol–water partition coefficient (Wildman–Crippen LogP) is 4.20. The average molecular weight is 353 g/mol. The summed E-state index contributed by atoms with van der Waals surface area (Å²) in [6.45, 7) is 3.72. The van der Waals surface area contributed by atoms with Crippen LogP contribution in [0.1, 0.15) is 52.4 Å². The fourth-order valence-corrected chi connectivity index (χ4v) is 3.56. The van der Waals surface area contributed by atoms with Crippen molar-refractivity contribution in [1.82, 2.24) is 0 Å². The van der Waals surface area contributed by atoms with Crippen LogP contribution in [0.25, 0.3) is 0 Å². The molecule has 0 radical (unpaired) electrons. The maximum Gasteiger partial charge on any atom is 0.306 e. The smallest absolute Gasteiger partial charge is 0.306 e. The molecule has 1 atom stereocenters. The van der Waals surface area contributed by atoms with E-state index in [0.29, 0.717) is 18.1 Å². The summed E-state index contributed by atoms with van der Waals surface area (Å²) in [5.74, 6) is 1.63. The van der Waals surface area contributed by atoms with Crippen molar-refractivity contribution < 1.29 is 14.3 Å². The number of carbonyl (C=O) groups excluding carboxylic acids is 2. The SMILES string of the molecule is CSCCC(=O)SCCC(S)CCCCC(=O)OC(C)C. The van der Waals surface area contributed by atoms with E-state index in [1.165, 1.54) is 11.8 Å². The second kappa shape index (κ2) is 13.8. The molecule has 0 aliphatic carbocycles. The molecule has 3 nitrogen and oxygen atoms in total. The number of hydrogen-bond donors (Lipinski definition) is 1. The minimum atomic E-state index is -0.115. The van der Waals surface area contributed by atoms with Gasteiger partial charge in [-0.05, 0) is 39.4 Å². The van der Waals surface area contributed by atoms with Crippen LogP contribution < -0.4 is 0 Å². The van der Waals surface area contributed by atoms with E-state index in [0.717, 1.165) is 37.2 Å². The van der Waals surface area contributed by atoms with Gasteiger partial charge in [-0.2, -0.15) is 24.4 Å². The molecule has 0 aromatic rings. The van der Waals surface area contributed by atoms with Crippen LogP contribution in [0.3, 0.4) is 0 Å². The minimum absolute atomic E-state index is 0.0317. The van der Waals surface area contributed by atoms with Crippen molar-refractivity contribution in [1.29, 1.82) is 0 Å². The standard InChI is InChI=1S/C15H28O3S3/c1-12(2)18-14(16)7-5-4-6-13(19)8-11-21-15(17)9-10-20-3/h12-13,19H,4-11H2,1-3H3.